The van der Waals surface area contributed by atoms with E-state index in [-0.39, 0.29) is 19.4 Å². The molecule has 8 nitrogen and oxygen atoms in total. The molecule has 0 saturated heterocycles. The van der Waals surface area contributed by atoms with Gasteiger partial charge in [0.2, 0.25) is 11.8 Å². The van der Waals surface area contributed by atoms with Crippen LogP contribution in [0.15, 0.2) is 91.0 Å². The fourth-order valence-electron chi connectivity index (χ4n) is 3.83. The predicted molar refractivity (Wildman–Crippen MR) is 142 cm³/mol. The Kier molecular flexibility index (Phi) is 10.4. The molecule has 0 saturated carbocycles. The number of nitrogens with one attached hydrogen (secondary N) is 3. The van der Waals surface area contributed by atoms with Gasteiger partial charge in [-0.3, -0.25) is 14.4 Å². The fraction of sp³-hybridized carbons (Fsp3) is 0.276. The average Bonchev–Trinajstić information content (AvgIpc) is 2.92. The highest BCUT2D eigenvalue weighted by Crippen LogP contribution is 2.10. The van der Waals surface area contributed by atoms with Crippen molar-refractivity contribution in [3.63, 3.8) is 0 Å². The van der Waals surface area contributed by atoms with Gasteiger partial charge in [0.1, 0.15) is 6.04 Å². The highest BCUT2D eigenvalue weighted by atomic mass is 16.3. The van der Waals surface area contributed by atoms with E-state index in [9.17, 15) is 19.5 Å². The van der Waals surface area contributed by atoms with Crippen molar-refractivity contribution in [2.45, 2.75) is 50.5 Å². The SMILES string of the molecule is C[C@H](N)C(=O)N[C@@H](Cc1ccccc1)C(=O)N[C@@H](Cc1ccccc1)C(O)C(=O)NCc1ccccc1. The normalized spacial score (nSPS) is 14.0. The maximum atomic E-state index is 13.4. The fourth-order valence-corrected chi connectivity index (χ4v) is 3.83. The van der Waals surface area contributed by atoms with Crippen LogP contribution in [0.4, 0.5) is 0 Å². The highest BCUT2D eigenvalue weighted by molar-refractivity contribution is 5.90. The van der Waals surface area contributed by atoms with Gasteiger partial charge in [0.25, 0.3) is 5.91 Å². The van der Waals surface area contributed by atoms with Crippen LogP contribution in [0.1, 0.15) is 23.6 Å². The van der Waals surface area contributed by atoms with Crippen molar-refractivity contribution in [1.29, 1.82) is 0 Å². The van der Waals surface area contributed by atoms with Gasteiger partial charge in [0, 0.05) is 13.0 Å². The number of amides is 3. The minimum atomic E-state index is -1.52. The number of nitrogens with two attached hydrogens (primary N) is 1. The Morgan fingerprint density at radius 2 is 1.19 bits per heavy atom. The molecule has 3 amide bonds. The molecule has 8 heteroatoms. The van der Waals surface area contributed by atoms with Crippen molar-refractivity contribution in [2.24, 2.45) is 5.73 Å². The molecule has 0 radical (unpaired) electrons. The van der Waals surface area contributed by atoms with Crippen LogP contribution in [0.25, 0.3) is 0 Å². The number of carbonyl (C=O) groups is 3. The summed E-state index contributed by atoms with van der Waals surface area (Å²) in [4.78, 5) is 38.6. The van der Waals surface area contributed by atoms with E-state index in [0.717, 1.165) is 16.7 Å². The van der Waals surface area contributed by atoms with Crippen LogP contribution in [0.5, 0.6) is 0 Å². The van der Waals surface area contributed by atoms with Crippen molar-refractivity contribution in [3.8, 4) is 0 Å². The zero-order valence-electron chi connectivity index (χ0n) is 20.8. The van der Waals surface area contributed by atoms with Crippen LogP contribution in [0.3, 0.4) is 0 Å². The van der Waals surface area contributed by atoms with E-state index < -0.39 is 42.0 Å². The van der Waals surface area contributed by atoms with Crippen molar-refractivity contribution >= 4 is 17.7 Å². The number of hydrogen-bond donors (Lipinski definition) is 5. The van der Waals surface area contributed by atoms with E-state index in [1.54, 1.807) is 0 Å². The molecule has 1 unspecified atom stereocenters. The van der Waals surface area contributed by atoms with Gasteiger partial charge in [0.15, 0.2) is 6.10 Å². The number of aliphatic hydroxyl groups is 1. The number of aliphatic hydroxyl groups excluding tert-OH is 1. The molecule has 0 spiro atoms. The quantitative estimate of drug-likeness (QED) is 0.256. The van der Waals surface area contributed by atoms with E-state index in [2.05, 4.69) is 16.0 Å². The summed E-state index contributed by atoms with van der Waals surface area (Å²) < 4.78 is 0. The topological polar surface area (TPSA) is 134 Å². The van der Waals surface area contributed by atoms with Crippen LogP contribution in [-0.2, 0) is 33.8 Å². The van der Waals surface area contributed by atoms with Gasteiger partial charge >= 0.3 is 0 Å². The second-order valence-corrected chi connectivity index (χ2v) is 8.99. The highest BCUT2D eigenvalue weighted by Gasteiger charge is 2.31. The first kappa shape index (κ1) is 27.6. The molecule has 3 aromatic rings. The minimum Gasteiger partial charge on any atom is -0.381 e. The number of hydrogen-bond acceptors (Lipinski definition) is 5. The lowest BCUT2D eigenvalue weighted by molar-refractivity contribution is -0.134. The molecule has 0 heterocycles. The summed E-state index contributed by atoms with van der Waals surface area (Å²) in [7, 11) is 0. The largest absolute Gasteiger partial charge is 0.381 e. The van der Waals surface area contributed by atoms with Gasteiger partial charge in [-0.1, -0.05) is 91.0 Å². The predicted octanol–water partition coefficient (Wildman–Crippen LogP) is 1.47. The Morgan fingerprint density at radius 3 is 1.70 bits per heavy atom. The Balaban J connectivity index is 1.77. The van der Waals surface area contributed by atoms with Crippen molar-refractivity contribution < 1.29 is 19.5 Å². The maximum absolute atomic E-state index is 13.4. The third-order valence-corrected chi connectivity index (χ3v) is 5.91. The first-order chi connectivity index (χ1) is 17.8. The Bertz CT molecular complexity index is 1140. The molecule has 0 aliphatic rings. The Labute approximate surface area is 217 Å². The summed E-state index contributed by atoms with van der Waals surface area (Å²) in [5.41, 5.74) is 8.27. The van der Waals surface area contributed by atoms with E-state index >= 15 is 0 Å². The molecular weight excluding hydrogens is 468 g/mol. The smallest absolute Gasteiger partial charge is 0.251 e. The summed E-state index contributed by atoms with van der Waals surface area (Å²) in [6.07, 6.45) is -1.08. The lowest BCUT2D eigenvalue weighted by atomic mass is 9.99. The van der Waals surface area contributed by atoms with Crippen molar-refractivity contribution in [3.05, 3.63) is 108 Å². The van der Waals surface area contributed by atoms with Gasteiger partial charge in [-0.2, -0.15) is 0 Å². The van der Waals surface area contributed by atoms with Crippen LogP contribution in [-0.4, -0.2) is 47.1 Å². The molecule has 0 fully saturated rings. The number of carbonyl (C=O) groups excluding carboxylic acids is 3. The van der Waals surface area contributed by atoms with Crippen LogP contribution >= 0.6 is 0 Å². The molecule has 0 bridgehead atoms. The van der Waals surface area contributed by atoms with E-state index in [0.29, 0.717) is 0 Å². The first-order valence-corrected chi connectivity index (χ1v) is 12.3. The minimum absolute atomic E-state index is 0.214. The maximum Gasteiger partial charge on any atom is 0.251 e. The summed E-state index contributed by atoms with van der Waals surface area (Å²) >= 11 is 0. The van der Waals surface area contributed by atoms with Crippen molar-refractivity contribution in [1.82, 2.24) is 16.0 Å². The summed E-state index contributed by atoms with van der Waals surface area (Å²) in [5.74, 6) is -1.60. The number of rotatable bonds is 12. The third-order valence-electron chi connectivity index (χ3n) is 5.91. The second-order valence-electron chi connectivity index (χ2n) is 8.99. The van der Waals surface area contributed by atoms with Crippen LogP contribution in [0, 0.1) is 0 Å². The molecule has 3 aromatic carbocycles. The Hall–Kier alpha value is -4.01. The summed E-state index contributed by atoms with van der Waals surface area (Å²) in [6, 6.07) is 25.2. The average molecular weight is 503 g/mol. The standard InChI is InChI=1S/C29H34N4O4/c1-20(30)27(35)33-25(18-22-13-7-3-8-14-22)28(36)32-24(17-21-11-5-2-6-12-21)26(34)29(37)31-19-23-15-9-4-10-16-23/h2-16,20,24-26,34H,17-19,30H2,1H3,(H,31,37)(H,32,36)(H,33,35)/t20-,24-,25-,26?/m0/s1. The van der Waals surface area contributed by atoms with E-state index in [4.69, 9.17) is 5.73 Å². The molecule has 4 atom stereocenters. The van der Waals surface area contributed by atoms with Gasteiger partial charge in [-0.15, -0.1) is 0 Å². The van der Waals surface area contributed by atoms with Gasteiger partial charge in [-0.25, -0.2) is 0 Å². The molecule has 6 N–H and O–H groups in total. The zero-order chi connectivity index (χ0) is 26.6. The van der Waals surface area contributed by atoms with Crippen LogP contribution in [0.2, 0.25) is 0 Å². The third kappa shape index (κ3) is 8.86. The van der Waals surface area contributed by atoms with Gasteiger partial charge in [0.05, 0.1) is 12.1 Å². The van der Waals surface area contributed by atoms with Crippen molar-refractivity contribution in [2.75, 3.05) is 0 Å². The monoisotopic (exact) mass is 502 g/mol. The molecule has 3 rings (SSSR count). The molecule has 0 aliphatic heterocycles. The molecule has 0 aliphatic carbocycles. The molecule has 37 heavy (non-hydrogen) atoms. The number of benzene rings is 3. The van der Waals surface area contributed by atoms with Crippen LogP contribution < -0.4 is 21.7 Å². The van der Waals surface area contributed by atoms with E-state index in [1.165, 1.54) is 6.92 Å². The van der Waals surface area contributed by atoms with Gasteiger partial charge < -0.3 is 26.8 Å². The lowest BCUT2D eigenvalue weighted by Crippen LogP contribution is -2.57. The molecule has 194 valence electrons. The zero-order valence-corrected chi connectivity index (χ0v) is 20.8. The second kappa shape index (κ2) is 13.9. The van der Waals surface area contributed by atoms with Gasteiger partial charge in [-0.05, 0) is 30.0 Å². The lowest BCUT2D eigenvalue weighted by Gasteiger charge is -2.27. The summed E-state index contributed by atoms with van der Waals surface area (Å²) in [5, 5.41) is 19.2. The summed E-state index contributed by atoms with van der Waals surface area (Å²) in [6.45, 7) is 1.77. The molecule has 0 aromatic heterocycles. The molecular formula is C29H34N4O4. The Morgan fingerprint density at radius 1 is 0.703 bits per heavy atom. The first-order valence-electron chi connectivity index (χ1n) is 12.3. The van der Waals surface area contributed by atoms with E-state index in [1.807, 2.05) is 91.0 Å².